The summed E-state index contributed by atoms with van der Waals surface area (Å²) in [6, 6.07) is 10.4. The Hall–Kier alpha value is -1.60. The molecule has 1 aliphatic heterocycles. The summed E-state index contributed by atoms with van der Waals surface area (Å²) in [5.41, 5.74) is 1.24. The normalized spacial score (nSPS) is 17.7. The van der Waals surface area contributed by atoms with Gasteiger partial charge in [-0.1, -0.05) is 44.2 Å². The summed E-state index contributed by atoms with van der Waals surface area (Å²) >= 11 is 0. The van der Waals surface area contributed by atoms with E-state index in [1.54, 1.807) is 4.31 Å². The second kappa shape index (κ2) is 9.55. The van der Waals surface area contributed by atoms with Crippen molar-refractivity contribution in [1.82, 2.24) is 14.9 Å². The molecule has 6 nitrogen and oxygen atoms in total. The molecule has 0 atom stereocenters. The minimum absolute atomic E-state index is 0.0373. The largest absolute Gasteiger partial charge is 0.357 e. The summed E-state index contributed by atoms with van der Waals surface area (Å²) in [5.74, 6) is 1.29. The van der Waals surface area contributed by atoms with Crippen molar-refractivity contribution in [1.29, 1.82) is 0 Å². The minimum Gasteiger partial charge on any atom is -0.357 e. The fourth-order valence-corrected chi connectivity index (χ4v) is 4.16. The summed E-state index contributed by atoms with van der Waals surface area (Å²) in [4.78, 5) is 4.79. The first-order valence-corrected chi connectivity index (χ1v) is 11.6. The van der Waals surface area contributed by atoms with Crippen molar-refractivity contribution in [2.75, 3.05) is 39.0 Å². The van der Waals surface area contributed by atoms with Gasteiger partial charge < -0.3 is 10.6 Å². The van der Waals surface area contributed by atoms with Gasteiger partial charge in [0.25, 0.3) is 0 Å². The van der Waals surface area contributed by atoms with Crippen molar-refractivity contribution in [3.63, 3.8) is 0 Å². The zero-order valence-corrected chi connectivity index (χ0v) is 17.8. The van der Waals surface area contributed by atoms with Gasteiger partial charge >= 0.3 is 0 Å². The topological polar surface area (TPSA) is 73.8 Å². The fraction of sp³-hybridized carbons (Fsp3) is 0.650. The standard InChI is InChI=1S/C20H34N4O2S/c1-5-21-19(23-16-20(2,3)18-9-7-6-8-10-18)22-15-17-11-13-24(14-12-17)27(4,25)26/h6-10,17H,5,11-16H2,1-4H3,(H2,21,22,23). The van der Waals surface area contributed by atoms with Crippen LogP contribution in [0.4, 0.5) is 0 Å². The maximum absolute atomic E-state index is 11.6. The lowest BCUT2D eigenvalue weighted by atomic mass is 9.85. The number of nitrogens with one attached hydrogen (secondary N) is 2. The lowest BCUT2D eigenvalue weighted by Crippen LogP contribution is -2.44. The Morgan fingerprint density at radius 2 is 1.81 bits per heavy atom. The van der Waals surface area contributed by atoms with Crippen LogP contribution in [0.3, 0.4) is 0 Å². The van der Waals surface area contributed by atoms with Crippen molar-refractivity contribution < 1.29 is 8.42 Å². The maximum Gasteiger partial charge on any atom is 0.211 e. The number of piperidine rings is 1. The van der Waals surface area contributed by atoms with E-state index in [1.807, 2.05) is 6.07 Å². The molecule has 0 bridgehead atoms. The molecule has 1 aliphatic rings. The van der Waals surface area contributed by atoms with Gasteiger partial charge in [0.2, 0.25) is 10.0 Å². The van der Waals surface area contributed by atoms with Crippen LogP contribution in [0.5, 0.6) is 0 Å². The summed E-state index contributed by atoms with van der Waals surface area (Å²) in [5, 5.41) is 6.75. The number of hydrogen-bond acceptors (Lipinski definition) is 3. The zero-order chi connectivity index (χ0) is 19.9. The highest BCUT2D eigenvalue weighted by atomic mass is 32.2. The van der Waals surface area contributed by atoms with Gasteiger partial charge in [-0.25, -0.2) is 12.7 Å². The van der Waals surface area contributed by atoms with Crippen molar-refractivity contribution in [2.45, 2.75) is 39.0 Å². The van der Waals surface area contributed by atoms with Crippen LogP contribution >= 0.6 is 0 Å². The second-order valence-electron chi connectivity index (χ2n) is 7.93. The van der Waals surface area contributed by atoms with Gasteiger partial charge in [-0.05, 0) is 31.2 Å². The average molecular weight is 395 g/mol. The van der Waals surface area contributed by atoms with Crippen LogP contribution in [0.15, 0.2) is 35.3 Å². The first-order chi connectivity index (χ1) is 12.7. The lowest BCUT2D eigenvalue weighted by molar-refractivity contribution is 0.275. The molecule has 27 heavy (non-hydrogen) atoms. The van der Waals surface area contributed by atoms with Gasteiger partial charge in [0.05, 0.1) is 12.8 Å². The number of rotatable bonds is 7. The molecule has 152 valence electrons. The SMILES string of the molecule is CCNC(=NCC(C)(C)c1ccccc1)NCC1CCN(S(C)(=O)=O)CC1. The van der Waals surface area contributed by atoms with Crippen molar-refractivity contribution in [3.05, 3.63) is 35.9 Å². The molecule has 2 N–H and O–H groups in total. The van der Waals surface area contributed by atoms with Crippen LogP contribution in [0.1, 0.15) is 39.2 Å². The van der Waals surface area contributed by atoms with E-state index in [0.29, 0.717) is 25.6 Å². The molecule has 0 amide bonds. The van der Waals surface area contributed by atoms with Gasteiger partial charge in [-0.2, -0.15) is 0 Å². The quantitative estimate of drug-likeness (QED) is 0.549. The number of hydrogen-bond donors (Lipinski definition) is 2. The highest BCUT2D eigenvalue weighted by molar-refractivity contribution is 7.88. The first-order valence-electron chi connectivity index (χ1n) is 9.75. The molecular weight excluding hydrogens is 360 g/mol. The third-order valence-electron chi connectivity index (χ3n) is 5.13. The third-order valence-corrected chi connectivity index (χ3v) is 6.44. The molecule has 0 aliphatic carbocycles. The highest BCUT2D eigenvalue weighted by Crippen LogP contribution is 2.23. The number of sulfonamides is 1. The number of guanidine groups is 1. The van der Waals surface area contributed by atoms with E-state index in [0.717, 1.165) is 31.9 Å². The Morgan fingerprint density at radius 1 is 1.19 bits per heavy atom. The Bertz CT molecular complexity index is 709. The Morgan fingerprint density at radius 3 is 2.37 bits per heavy atom. The van der Waals surface area contributed by atoms with Crippen LogP contribution in [0, 0.1) is 5.92 Å². The molecular formula is C20H34N4O2S. The molecule has 7 heteroatoms. The number of nitrogens with zero attached hydrogens (tertiary/aromatic N) is 2. The number of benzene rings is 1. The van der Waals surface area contributed by atoms with E-state index in [4.69, 9.17) is 4.99 Å². The van der Waals surface area contributed by atoms with Crippen LogP contribution in [-0.4, -0.2) is 57.7 Å². The van der Waals surface area contributed by atoms with E-state index >= 15 is 0 Å². The molecule has 2 rings (SSSR count). The Balaban J connectivity index is 1.89. The van der Waals surface area contributed by atoms with Gasteiger partial charge in [-0.3, -0.25) is 4.99 Å². The van der Waals surface area contributed by atoms with Gasteiger partial charge in [0.15, 0.2) is 5.96 Å². The molecule has 0 saturated carbocycles. The lowest BCUT2D eigenvalue weighted by Gasteiger charge is -2.30. The number of aliphatic imine (C=N–C) groups is 1. The van der Waals surface area contributed by atoms with Crippen molar-refractivity contribution in [3.8, 4) is 0 Å². The van der Waals surface area contributed by atoms with Crippen LogP contribution in [0.25, 0.3) is 0 Å². The maximum atomic E-state index is 11.6. The van der Waals surface area contributed by atoms with E-state index in [-0.39, 0.29) is 5.41 Å². The highest BCUT2D eigenvalue weighted by Gasteiger charge is 2.25. The van der Waals surface area contributed by atoms with Crippen molar-refractivity contribution >= 4 is 16.0 Å². The van der Waals surface area contributed by atoms with E-state index < -0.39 is 10.0 Å². The monoisotopic (exact) mass is 394 g/mol. The van der Waals surface area contributed by atoms with Crippen molar-refractivity contribution in [2.24, 2.45) is 10.9 Å². The summed E-state index contributed by atoms with van der Waals surface area (Å²) in [6.45, 7) is 10.0. The molecule has 1 aromatic rings. The molecule has 1 saturated heterocycles. The van der Waals surface area contributed by atoms with E-state index in [2.05, 4.69) is 55.7 Å². The summed E-state index contributed by atoms with van der Waals surface area (Å²) < 4.78 is 24.8. The molecule has 1 heterocycles. The van der Waals surface area contributed by atoms with Crippen LogP contribution in [0.2, 0.25) is 0 Å². The minimum atomic E-state index is -3.06. The molecule has 1 aromatic carbocycles. The molecule has 0 radical (unpaired) electrons. The Kier molecular flexibility index (Phi) is 7.68. The first kappa shape index (κ1) is 21.7. The summed E-state index contributed by atoms with van der Waals surface area (Å²) in [7, 11) is -3.06. The van der Waals surface area contributed by atoms with Gasteiger partial charge in [0.1, 0.15) is 0 Å². The fourth-order valence-electron chi connectivity index (χ4n) is 3.29. The average Bonchev–Trinajstić information content (AvgIpc) is 2.64. The van der Waals surface area contributed by atoms with Gasteiger partial charge in [0, 0.05) is 31.6 Å². The van der Waals surface area contributed by atoms with E-state index in [1.165, 1.54) is 11.8 Å². The molecule has 0 aromatic heterocycles. The van der Waals surface area contributed by atoms with E-state index in [9.17, 15) is 8.42 Å². The molecule has 0 unspecified atom stereocenters. The molecule has 0 spiro atoms. The zero-order valence-electron chi connectivity index (χ0n) is 17.0. The van der Waals surface area contributed by atoms with Crippen LogP contribution in [-0.2, 0) is 15.4 Å². The second-order valence-corrected chi connectivity index (χ2v) is 9.91. The summed E-state index contributed by atoms with van der Waals surface area (Å²) in [6.07, 6.45) is 3.06. The smallest absolute Gasteiger partial charge is 0.211 e. The van der Waals surface area contributed by atoms with Crippen LogP contribution < -0.4 is 10.6 Å². The van der Waals surface area contributed by atoms with Gasteiger partial charge in [-0.15, -0.1) is 0 Å². The predicted octanol–water partition coefficient (Wildman–Crippen LogP) is 2.19. The Labute approximate surface area is 164 Å². The third kappa shape index (κ3) is 6.81. The predicted molar refractivity (Wildman–Crippen MR) is 113 cm³/mol. The molecule has 1 fully saturated rings.